The van der Waals surface area contributed by atoms with Gasteiger partial charge in [-0.1, -0.05) is 24.3 Å². The summed E-state index contributed by atoms with van der Waals surface area (Å²) in [7, 11) is 0. The first-order valence-electron chi connectivity index (χ1n) is 8.05. The Bertz CT molecular complexity index is 903. The third kappa shape index (κ3) is 4.62. The minimum absolute atomic E-state index is 0.0755. The highest BCUT2D eigenvalue weighted by molar-refractivity contribution is 5.96. The number of carbonyl (C=O) groups is 1. The highest BCUT2D eigenvalue weighted by Crippen LogP contribution is 2.44. The summed E-state index contributed by atoms with van der Waals surface area (Å²) in [5.74, 6) is -1.72. The Hall–Kier alpha value is -2.92. The number of hydrogen-bond donors (Lipinski definition) is 2. The lowest BCUT2D eigenvalue weighted by Crippen LogP contribution is -2.72. The fraction of sp³-hybridized carbons (Fsp3) is 0.278. The molecular weight excluding hydrogens is 431 g/mol. The Morgan fingerprint density at radius 3 is 1.87 bits per heavy atom. The Kier molecular flexibility index (Phi) is 6.02. The molecule has 0 fully saturated rings. The Morgan fingerprint density at radius 1 is 0.800 bits per heavy atom. The summed E-state index contributed by atoms with van der Waals surface area (Å²) in [6.45, 7) is 1.29. The van der Waals surface area contributed by atoms with Crippen LogP contribution in [0.4, 0.5) is 45.2 Å². The van der Waals surface area contributed by atoms with Crippen LogP contribution >= 0.6 is 0 Å². The van der Waals surface area contributed by atoms with Crippen LogP contribution in [-0.4, -0.2) is 23.9 Å². The van der Waals surface area contributed by atoms with Gasteiger partial charge in [0.2, 0.25) is 0 Å². The van der Waals surface area contributed by atoms with Crippen molar-refractivity contribution in [3.05, 3.63) is 65.2 Å². The zero-order chi connectivity index (χ0) is 23.0. The molecule has 0 unspecified atom stereocenters. The molecule has 12 heteroatoms. The second-order valence-corrected chi connectivity index (χ2v) is 6.22. The number of hydrogen-bond acceptors (Lipinski definition) is 2. The van der Waals surface area contributed by atoms with Gasteiger partial charge in [0.15, 0.2) is 0 Å². The van der Waals surface area contributed by atoms with E-state index in [9.17, 15) is 44.3 Å². The number of rotatable bonds is 4. The predicted molar refractivity (Wildman–Crippen MR) is 88.6 cm³/mol. The van der Waals surface area contributed by atoms with Gasteiger partial charge in [0, 0.05) is 11.3 Å². The highest BCUT2D eigenvalue weighted by atomic mass is 19.4. The molecular formula is C18H13F9N2O. The minimum Gasteiger partial charge on any atom is -0.348 e. The third-order valence-corrected chi connectivity index (χ3v) is 4.06. The van der Waals surface area contributed by atoms with Crippen LogP contribution in [0.5, 0.6) is 0 Å². The van der Waals surface area contributed by atoms with Gasteiger partial charge in [-0.15, -0.1) is 0 Å². The average Bonchev–Trinajstić information content (AvgIpc) is 2.59. The number of benzene rings is 2. The normalized spacial score (nSPS) is 13.1. The molecule has 1 amide bonds. The number of halogens is 9. The maximum absolute atomic E-state index is 13.6. The maximum Gasteiger partial charge on any atom is 0.439 e. The van der Waals surface area contributed by atoms with Gasteiger partial charge in [-0.2, -0.15) is 39.5 Å². The molecule has 0 heterocycles. The van der Waals surface area contributed by atoms with Crippen LogP contribution in [-0.2, 0) is 6.18 Å². The molecule has 0 radical (unpaired) electrons. The summed E-state index contributed by atoms with van der Waals surface area (Å²) in [5.41, 5.74) is -8.06. The number of aryl methyl sites for hydroxylation is 1. The standard InChI is InChI=1S/C18H13F9N2O/c1-10-5-2-3-8-13(10)14(30)29-16(17(22,23)24,18(25,26)27)28-12-7-4-6-11(9-12)15(19,20)21/h2-9,28H,1H3,(H,29,30). The molecule has 3 nitrogen and oxygen atoms in total. The Morgan fingerprint density at radius 2 is 1.37 bits per heavy atom. The second kappa shape index (κ2) is 7.73. The van der Waals surface area contributed by atoms with E-state index < -0.39 is 46.9 Å². The van der Waals surface area contributed by atoms with Crippen molar-refractivity contribution in [3.8, 4) is 0 Å². The van der Waals surface area contributed by atoms with E-state index in [1.165, 1.54) is 25.1 Å². The van der Waals surface area contributed by atoms with Crippen LogP contribution < -0.4 is 10.6 Å². The van der Waals surface area contributed by atoms with Crippen molar-refractivity contribution >= 4 is 11.6 Å². The fourth-order valence-electron chi connectivity index (χ4n) is 2.53. The molecule has 0 aliphatic heterocycles. The zero-order valence-electron chi connectivity index (χ0n) is 14.9. The van der Waals surface area contributed by atoms with Crippen LogP contribution in [0.2, 0.25) is 0 Å². The molecule has 0 saturated carbocycles. The topological polar surface area (TPSA) is 41.1 Å². The first-order valence-corrected chi connectivity index (χ1v) is 8.05. The smallest absolute Gasteiger partial charge is 0.348 e. The van der Waals surface area contributed by atoms with E-state index in [0.717, 1.165) is 16.7 Å². The summed E-state index contributed by atoms with van der Waals surface area (Å²) in [6.07, 6.45) is -17.4. The molecule has 0 bridgehead atoms. The largest absolute Gasteiger partial charge is 0.439 e. The number of nitrogens with one attached hydrogen (secondary N) is 2. The number of anilines is 1. The first-order chi connectivity index (χ1) is 13.6. The van der Waals surface area contributed by atoms with Crippen LogP contribution in [0.25, 0.3) is 0 Å². The van der Waals surface area contributed by atoms with E-state index in [2.05, 4.69) is 0 Å². The molecule has 0 saturated heterocycles. The van der Waals surface area contributed by atoms with E-state index in [1.807, 2.05) is 0 Å². The van der Waals surface area contributed by atoms with Crippen molar-refractivity contribution in [1.29, 1.82) is 0 Å². The lowest BCUT2D eigenvalue weighted by molar-refractivity contribution is -0.294. The summed E-state index contributed by atoms with van der Waals surface area (Å²) < 4.78 is 120. The summed E-state index contributed by atoms with van der Waals surface area (Å²) >= 11 is 0. The molecule has 0 atom stereocenters. The SMILES string of the molecule is Cc1ccccc1C(=O)NC(Nc1cccc(C(F)(F)F)c1)(C(F)(F)F)C(F)(F)F. The molecule has 164 valence electrons. The molecule has 2 aromatic rings. The van der Waals surface area contributed by atoms with Crippen molar-refractivity contribution in [1.82, 2.24) is 5.32 Å². The second-order valence-electron chi connectivity index (χ2n) is 6.22. The van der Waals surface area contributed by atoms with Gasteiger partial charge in [0.1, 0.15) is 0 Å². The first kappa shape index (κ1) is 23.4. The quantitative estimate of drug-likeness (QED) is 0.471. The van der Waals surface area contributed by atoms with E-state index in [4.69, 9.17) is 0 Å². The molecule has 2 aromatic carbocycles. The van der Waals surface area contributed by atoms with Crippen LogP contribution in [0.3, 0.4) is 0 Å². The van der Waals surface area contributed by atoms with Crippen LogP contribution in [0.1, 0.15) is 21.5 Å². The van der Waals surface area contributed by atoms with Gasteiger partial charge in [-0.3, -0.25) is 4.79 Å². The van der Waals surface area contributed by atoms with Crippen molar-refractivity contribution in [3.63, 3.8) is 0 Å². The number of amides is 1. The van der Waals surface area contributed by atoms with Crippen LogP contribution in [0.15, 0.2) is 48.5 Å². The van der Waals surface area contributed by atoms with Crippen molar-refractivity contribution in [2.75, 3.05) is 5.32 Å². The van der Waals surface area contributed by atoms with E-state index in [-0.39, 0.29) is 11.6 Å². The summed E-state index contributed by atoms with van der Waals surface area (Å²) in [4.78, 5) is 12.3. The maximum atomic E-state index is 13.6. The highest BCUT2D eigenvalue weighted by Gasteiger charge is 2.72. The molecule has 0 spiro atoms. The van der Waals surface area contributed by atoms with Gasteiger partial charge in [-0.05, 0) is 36.8 Å². The monoisotopic (exact) mass is 444 g/mol. The lowest BCUT2D eigenvalue weighted by Gasteiger charge is -2.39. The van der Waals surface area contributed by atoms with Gasteiger partial charge in [0.05, 0.1) is 5.56 Å². The number of alkyl halides is 9. The van der Waals surface area contributed by atoms with Gasteiger partial charge in [-0.25, -0.2) is 0 Å². The molecule has 2 N–H and O–H groups in total. The van der Waals surface area contributed by atoms with Gasteiger partial charge in [0.25, 0.3) is 5.91 Å². The summed E-state index contributed by atoms with van der Waals surface area (Å²) in [5, 5.41) is 1.92. The van der Waals surface area contributed by atoms with E-state index in [1.54, 1.807) is 0 Å². The average molecular weight is 444 g/mol. The van der Waals surface area contributed by atoms with Crippen molar-refractivity contribution in [2.45, 2.75) is 31.1 Å². The molecule has 0 aromatic heterocycles. The molecule has 0 aliphatic carbocycles. The molecule has 2 rings (SSSR count). The molecule has 0 aliphatic rings. The van der Waals surface area contributed by atoms with Crippen molar-refractivity contribution < 1.29 is 44.3 Å². The predicted octanol–water partition coefficient (Wildman–Crippen LogP) is 5.68. The van der Waals surface area contributed by atoms with Gasteiger partial charge >= 0.3 is 24.2 Å². The zero-order valence-corrected chi connectivity index (χ0v) is 14.9. The lowest BCUT2D eigenvalue weighted by atomic mass is 10.0. The Labute approximate surface area is 163 Å². The molecule has 30 heavy (non-hydrogen) atoms. The number of carbonyl (C=O) groups excluding carboxylic acids is 1. The van der Waals surface area contributed by atoms with Crippen LogP contribution in [0, 0.1) is 6.92 Å². The Balaban J connectivity index is 2.58. The summed E-state index contributed by atoms with van der Waals surface area (Å²) in [6, 6.07) is 6.70. The minimum atomic E-state index is -6.17. The fourth-order valence-corrected chi connectivity index (χ4v) is 2.53. The van der Waals surface area contributed by atoms with Gasteiger partial charge < -0.3 is 10.6 Å². The third-order valence-electron chi connectivity index (χ3n) is 4.06. The van der Waals surface area contributed by atoms with Crippen molar-refractivity contribution in [2.24, 2.45) is 0 Å². The van der Waals surface area contributed by atoms with E-state index >= 15 is 0 Å². The van der Waals surface area contributed by atoms with E-state index in [0.29, 0.717) is 18.2 Å².